The second kappa shape index (κ2) is 6.19. The summed E-state index contributed by atoms with van der Waals surface area (Å²) in [6, 6.07) is 1.45. The highest BCUT2D eigenvalue weighted by molar-refractivity contribution is 4.87. The molecule has 2 aliphatic carbocycles. The summed E-state index contributed by atoms with van der Waals surface area (Å²) in [6.07, 6.45) is 11.3. The van der Waals surface area contributed by atoms with Crippen molar-refractivity contribution in [3.05, 3.63) is 0 Å². The first-order chi connectivity index (χ1) is 8.22. The van der Waals surface area contributed by atoms with Gasteiger partial charge in [-0.1, -0.05) is 19.8 Å². The van der Waals surface area contributed by atoms with Crippen LogP contribution >= 0.6 is 0 Å². The Labute approximate surface area is 107 Å². The molecule has 0 aliphatic heterocycles. The highest BCUT2D eigenvalue weighted by Gasteiger charge is 2.31. The molecular formula is C15H30N2. The lowest BCUT2D eigenvalue weighted by Crippen LogP contribution is -2.48. The van der Waals surface area contributed by atoms with Crippen molar-refractivity contribution in [2.45, 2.75) is 70.4 Å². The van der Waals surface area contributed by atoms with E-state index in [2.05, 4.69) is 18.9 Å². The molecule has 1 atom stereocenters. The average molecular weight is 238 g/mol. The third-order valence-electron chi connectivity index (χ3n) is 5.27. The van der Waals surface area contributed by atoms with Gasteiger partial charge < -0.3 is 5.73 Å². The minimum absolute atomic E-state index is 0.649. The molecule has 2 rings (SSSR count). The number of likely N-dealkylation sites (N-methyl/N-ethyl adjacent to an activating group) is 1. The molecule has 17 heavy (non-hydrogen) atoms. The zero-order valence-corrected chi connectivity index (χ0v) is 11.7. The molecule has 0 saturated heterocycles. The Morgan fingerprint density at radius 1 is 1.06 bits per heavy atom. The van der Waals surface area contributed by atoms with Crippen LogP contribution in [0.1, 0.15) is 58.3 Å². The maximum Gasteiger partial charge on any atom is 0.0246 e. The van der Waals surface area contributed by atoms with Crippen LogP contribution in [0.5, 0.6) is 0 Å². The predicted octanol–water partition coefficient (Wildman–Crippen LogP) is 3.01. The summed E-state index contributed by atoms with van der Waals surface area (Å²) in [5.74, 6) is 1.83. The lowest BCUT2D eigenvalue weighted by Gasteiger charge is -2.40. The summed E-state index contributed by atoms with van der Waals surface area (Å²) >= 11 is 0. The minimum Gasteiger partial charge on any atom is -0.329 e. The fourth-order valence-electron chi connectivity index (χ4n) is 3.95. The van der Waals surface area contributed by atoms with Crippen molar-refractivity contribution in [3.8, 4) is 0 Å². The fourth-order valence-corrected chi connectivity index (χ4v) is 3.95. The highest BCUT2D eigenvalue weighted by atomic mass is 15.2. The Hall–Kier alpha value is -0.0800. The Bertz CT molecular complexity index is 215. The average Bonchev–Trinajstić information content (AvgIpc) is 2.84. The molecular weight excluding hydrogens is 208 g/mol. The Morgan fingerprint density at radius 2 is 1.65 bits per heavy atom. The molecule has 2 aliphatic rings. The van der Waals surface area contributed by atoms with Crippen LogP contribution in [0.2, 0.25) is 0 Å². The molecule has 100 valence electrons. The molecule has 0 spiro atoms. The van der Waals surface area contributed by atoms with Crippen LogP contribution in [-0.4, -0.2) is 30.6 Å². The zero-order valence-electron chi connectivity index (χ0n) is 11.7. The van der Waals surface area contributed by atoms with Gasteiger partial charge in [-0.3, -0.25) is 4.90 Å². The smallest absolute Gasteiger partial charge is 0.0246 e. The molecule has 0 aromatic rings. The lowest BCUT2D eigenvalue weighted by atomic mass is 9.85. The van der Waals surface area contributed by atoms with E-state index in [-0.39, 0.29) is 0 Å². The van der Waals surface area contributed by atoms with E-state index < -0.39 is 0 Å². The van der Waals surface area contributed by atoms with Gasteiger partial charge in [0, 0.05) is 18.6 Å². The molecule has 0 amide bonds. The second-order valence-corrected chi connectivity index (χ2v) is 6.43. The van der Waals surface area contributed by atoms with Crippen LogP contribution in [0.4, 0.5) is 0 Å². The van der Waals surface area contributed by atoms with Gasteiger partial charge in [-0.2, -0.15) is 0 Å². The van der Waals surface area contributed by atoms with Crippen LogP contribution in [0, 0.1) is 11.8 Å². The number of hydrogen-bond acceptors (Lipinski definition) is 2. The van der Waals surface area contributed by atoms with Crippen molar-refractivity contribution in [2.75, 3.05) is 13.6 Å². The van der Waals surface area contributed by atoms with E-state index in [0.717, 1.165) is 24.4 Å². The monoisotopic (exact) mass is 238 g/mol. The van der Waals surface area contributed by atoms with Gasteiger partial charge in [-0.05, 0) is 57.4 Å². The fraction of sp³-hybridized carbons (Fsp3) is 1.00. The van der Waals surface area contributed by atoms with Crippen molar-refractivity contribution < 1.29 is 0 Å². The summed E-state index contributed by atoms with van der Waals surface area (Å²) in [5, 5.41) is 0. The third kappa shape index (κ3) is 3.23. The van der Waals surface area contributed by atoms with Crippen molar-refractivity contribution in [2.24, 2.45) is 17.6 Å². The van der Waals surface area contributed by atoms with E-state index in [0.29, 0.717) is 6.04 Å². The minimum atomic E-state index is 0.649. The predicted molar refractivity (Wildman–Crippen MR) is 74.0 cm³/mol. The number of hydrogen-bond donors (Lipinski definition) is 1. The number of rotatable bonds is 4. The molecule has 2 heteroatoms. The van der Waals surface area contributed by atoms with Gasteiger partial charge in [-0.25, -0.2) is 0 Å². The van der Waals surface area contributed by atoms with Crippen LogP contribution in [-0.2, 0) is 0 Å². The van der Waals surface area contributed by atoms with Gasteiger partial charge in [0.1, 0.15) is 0 Å². The Morgan fingerprint density at radius 3 is 2.18 bits per heavy atom. The molecule has 1 unspecified atom stereocenters. The summed E-state index contributed by atoms with van der Waals surface area (Å²) in [5.41, 5.74) is 6.05. The van der Waals surface area contributed by atoms with Crippen LogP contribution in [0.25, 0.3) is 0 Å². The molecule has 2 N–H and O–H groups in total. The molecule has 0 aromatic heterocycles. The first kappa shape index (κ1) is 13.4. The molecule has 2 saturated carbocycles. The van der Waals surface area contributed by atoms with Crippen LogP contribution < -0.4 is 5.73 Å². The maximum absolute atomic E-state index is 6.05. The van der Waals surface area contributed by atoms with Crippen molar-refractivity contribution >= 4 is 0 Å². The van der Waals surface area contributed by atoms with Gasteiger partial charge in [0.2, 0.25) is 0 Å². The topological polar surface area (TPSA) is 29.3 Å². The van der Waals surface area contributed by atoms with Gasteiger partial charge in [0.15, 0.2) is 0 Å². The van der Waals surface area contributed by atoms with Crippen LogP contribution in [0.15, 0.2) is 0 Å². The largest absolute Gasteiger partial charge is 0.329 e. The lowest BCUT2D eigenvalue weighted by molar-refractivity contribution is 0.0935. The molecule has 0 radical (unpaired) electrons. The van der Waals surface area contributed by atoms with E-state index in [4.69, 9.17) is 5.73 Å². The number of nitrogens with zero attached hydrogens (tertiary/aromatic N) is 1. The van der Waals surface area contributed by atoms with Crippen molar-refractivity contribution in [3.63, 3.8) is 0 Å². The van der Waals surface area contributed by atoms with Crippen LogP contribution in [0.3, 0.4) is 0 Å². The Kier molecular flexibility index (Phi) is 4.87. The van der Waals surface area contributed by atoms with Gasteiger partial charge in [0.25, 0.3) is 0 Å². The van der Waals surface area contributed by atoms with Crippen molar-refractivity contribution in [1.82, 2.24) is 4.90 Å². The Balaban J connectivity index is 1.89. The van der Waals surface area contributed by atoms with Gasteiger partial charge in [-0.15, -0.1) is 0 Å². The third-order valence-corrected chi connectivity index (χ3v) is 5.27. The summed E-state index contributed by atoms with van der Waals surface area (Å²) in [6.45, 7) is 3.25. The van der Waals surface area contributed by atoms with E-state index in [1.54, 1.807) is 0 Å². The molecule has 0 heterocycles. The van der Waals surface area contributed by atoms with E-state index >= 15 is 0 Å². The normalized spacial score (nSPS) is 33.2. The number of nitrogens with two attached hydrogens (primary N) is 1. The summed E-state index contributed by atoms with van der Waals surface area (Å²) in [7, 11) is 2.33. The summed E-state index contributed by atoms with van der Waals surface area (Å²) < 4.78 is 0. The first-order valence-electron chi connectivity index (χ1n) is 7.64. The van der Waals surface area contributed by atoms with Crippen molar-refractivity contribution in [1.29, 1.82) is 0 Å². The van der Waals surface area contributed by atoms with Gasteiger partial charge >= 0.3 is 0 Å². The summed E-state index contributed by atoms with van der Waals surface area (Å²) in [4.78, 5) is 2.64. The second-order valence-electron chi connectivity index (χ2n) is 6.43. The highest BCUT2D eigenvalue weighted by Crippen LogP contribution is 2.33. The van der Waals surface area contributed by atoms with E-state index in [1.807, 2.05) is 0 Å². The molecule has 0 bridgehead atoms. The quantitative estimate of drug-likeness (QED) is 0.816. The standard InChI is InChI=1S/C15H30N2/c1-12-7-9-14(10-8-12)17(2)15(11-16)13-5-3-4-6-13/h12-15H,3-11,16H2,1-2H3. The van der Waals surface area contributed by atoms with E-state index in [1.165, 1.54) is 51.4 Å². The zero-order chi connectivity index (χ0) is 12.3. The maximum atomic E-state index is 6.05. The molecule has 0 aromatic carbocycles. The van der Waals surface area contributed by atoms with Gasteiger partial charge in [0.05, 0.1) is 0 Å². The first-order valence-corrected chi connectivity index (χ1v) is 7.64. The molecule has 2 nitrogen and oxygen atoms in total. The van der Waals surface area contributed by atoms with E-state index in [9.17, 15) is 0 Å². The SMILES string of the molecule is CC1CCC(N(C)C(CN)C2CCCC2)CC1. The molecule has 2 fully saturated rings.